The fraction of sp³-hybridized carbons (Fsp3) is 0.138. The zero-order chi connectivity index (χ0) is 23.7. The second kappa shape index (κ2) is 8.94. The molecule has 170 valence electrons. The first-order valence-electron chi connectivity index (χ1n) is 11.3. The molecule has 0 aliphatic heterocycles. The van der Waals surface area contributed by atoms with Crippen LogP contribution in [0.1, 0.15) is 22.8 Å². The minimum Gasteiger partial charge on any atom is -0.497 e. The molecule has 2 N–H and O–H groups in total. The Morgan fingerprint density at radius 2 is 1.65 bits per heavy atom. The molecular formula is C29H26N2O3. The van der Waals surface area contributed by atoms with E-state index in [0.29, 0.717) is 18.7 Å². The first kappa shape index (κ1) is 21.6. The van der Waals surface area contributed by atoms with Crippen LogP contribution in [0, 0.1) is 0 Å². The number of nitrogens with two attached hydrogens (primary N) is 1. The van der Waals surface area contributed by atoms with Crippen molar-refractivity contribution in [1.82, 2.24) is 4.57 Å². The lowest BCUT2D eigenvalue weighted by molar-refractivity contribution is 0.100. The zero-order valence-electron chi connectivity index (χ0n) is 19.2. The summed E-state index contributed by atoms with van der Waals surface area (Å²) in [5.74, 6) is 1.24. The molecule has 0 bridgehead atoms. The maximum atomic E-state index is 12.3. The molecule has 0 radical (unpaired) electrons. The number of hydrogen-bond donors (Lipinski definition) is 1. The molecule has 1 aromatic heterocycles. The summed E-state index contributed by atoms with van der Waals surface area (Å²) in [5.41, 5.74) is 11.5. The van der Waals surface area contributed by atoms with Gasteiger partial charge in [-0.05, 0) is 54.4 Å². The number of carbonyl (C=O) groups is 1. The standard InChI is InChI=1S/C29H26N2O3/c1-3-34-27-10-5-4-7-21(27)18-31-25-9-6-8-24(29(30)32)28(25)23-16-13-20(17-26(23)31)19-11-14-22(33-2)15-12-19/h4-17H,3,18H2,1-2H3,(H2,30,32). The molecule has 0 spiro atoms. The Morgan fingerprint density at radius 1 is 0.882 bits per heavy atom. The number of nitrogens with zero attached hydrogens (tertiary/aromatic N) is 1. The molecule has 1 amide bonds. The summed E-state index contributed by atoms with van der Waals surface area (Å²) in [7, 11) is 1.66. The van der Waals surface area contributed by atoms with Gasteiger partial charge >= 0.3 is 0 Å². The molecule has 5 rings (SSSR count). The van der Waals surface area contributed by atoms with Gasteiger partial charge in [0.1, 0.15) is 11.5 Å². The quantitative estimate of drug-likeness (QED) is 0.330. The van der Waals surface area contributed by atoms with Crippen LogP contribution in [0.5, 0.6) is 11.5 Å². The van der Waals surface area contributed by atoms with Crippen LogP contribution in [0.4, 0.5) is 0 Å². The summed E-state index contributed by atoms with van der Waals surface area (Å²) in [6, 6.07) is 28.1. The van der Waals surface area contributed by atoms with Crippen molar-refractivity contribution in [2.24, 2.45) is 5.73 Å². The van der Waals surface area contributed by atoms with Crippen LogP contribution in [0.15, 0.2) is 84.9 Å². The first-order valence-corrected chi connectivity index (χ1v) is 11.3. The highest BCUT2D eigenvalue weighted by Gasteiger charge is 2.18. The van der Waals surface area contributed by atoms with Gasteiger partial charge in [0, 0.05) is 21.9 Å². The van der Waals surface area contributed by atoms with Gasteiger partial charge in [0.15, 0.2) is 0 Å². The monoisotopic (exact) mass is 450 g/mol. The van der Waals surface area contributed by atoms with Crippen LogP contribution in [0.3, 0.4) is 0 Å². The van der Waals surface area contributed by atoms with Gasteiger partial charge in [-0.2, -0.15) is 0 Å². The SMILES string of the molecule is CCOc1ccccc1Cn1c2cc(-c3ccc(OC)cc3)ccc2c2c(C(N)=O)cccc21. The Labute approximate surface area is 198 Å². The van der Waals surface area contributed by atoms with Gasteiger partial charge < -0.3 is 19.8 Å². The lowest BCUT2D eigenvalue weighted by Gasteiger charge is -2.13. The van der Waals surface area contributed by atoms with Crippen molar-refractivity contribution >= 4 is 27.7 Å². The predicted molar refractivity (Wildman–Crippen MR) is 137 cm³/mol. The van der Waals surface area contributed by atoms with Gasteiger partial charge in [0.25, 0.3) is 0 Å². The van der Waals surface area contributed by atoms with Gasteiger partial charge in [0.2, 0.25) is 5.91 Å². The molecule has 4 aromatic carbocycles. The van der Waals surface area contributed by atoms with Crippen molar-refractivity contribution in [3.05, 3.63) is 96.1 Å². The van der Waals surface area contributed by atoms with E-state index < -0.39 is 5.91 Å². The molecule has 0 atom stereocenters. The van der Waals surface area contributed by atoms with E-state index in [-0.39, 0.29) is 0 Å². The Kier molecular flexibility index (Phi) is 5.68. The van der Waals surface area contributed by atoms with Crippen LogP contribution < -0.4 is 15.2 Å². The second-order valence-electron chi connectivity index (χ2n) is 8.15. The number of benzene rings is 4. The number of rotatable bonds is 7. The number of fused-ring (bicyclic) bond motifs is 3. The Bertz CT molecular complexity index is 1500. The highest BCUT2D eigenvalue weighted by molar-refractivity contribution is 6.18. The van der Waals surface area contributed by atoms with Crippen LogP contribution in [0.25, 0.3) is 32.9 Å². The van der Waals surface area contributed by atoms with Gasteiger partial charge in [0.05, 0.1) is 31.3 Å². The molecule has 0 saturated carbocycles. The van der Waals surface area contributed by atoms with Crippen LogP contribution in [-0.4, -0.2) is 24.2 Å². The van der Waals surface area contributed by atoms with Crippen molar-refractivity contribution in [1.29, 1.82) is 0 Å². The van der Waals surface area contributed by atoms with Crippen LogP contribution >= 0.6 is 0 Å². The molecular weight excluding hydrogens is 424 g/mol. The highest BCUT2D eigenvalue weighted by Crippen LogP contribution is 2.36. The molecule has 0 aliphatic carbocycles. The highest BCUT2D eigenvalue weighted by atomic mass is 16.5. The van der Waals surface area contributed by atoms with E-state index in [1.807, 2.05) is 61.5 Å². The summed E-state index contributed by atoms with van der Waals surface area (Å²) in [6.07, 6.45) is 0. The smallest absolute Gasteiger partial charge is 0.249 e. The number of methoxy groups -OCH3 is 1. The van der Waals surface area contributed by atoms with E-state index in [9.17, 15) is 4.79 Å². The average molecular weight is 451 g/mol. The topological polar surface area (TPSA) is 66.5 Å². The van der Waals surface area contributed by atoms with E-state index in [1.165, 1.54) is 0 Å². The average Bonchev–Trinajstić information content (AvgIpc) is 3.18. The van der Waals surface area contributed by atoms with Crippen LogP contribution in [0.2, 0.25) is 0 Å². The number of primary amides is 1. The van der Waals surface area contributed by atoms with Crippen molar-refractivity contribution in [2.75, 3.05) is 13.7 Å². The molecule has 5 heteroatoms. The molecule has 0 saturated heterocycles. The lowest BCUT2D eigenvalue weighted by Crippen LogP contribution is -2.11. The Hall–Kier alpha value is -4.25. The number of ether oxygens (including phenoxy) is 2. The van der Waals surface area contributed by atoms with Crippen molar-refractivity contribution in [3.8, 4) is 22.6 Å². The number of carbonyl (C=O) groups excluding carboxylic acids is 1. The van der Waals surface area contributed by atoms with E-state index in [4.69, 9.17) is 15.2 Å². The summed E-state index contributed by atoms with van der Waals surface area (Å²) in [5, 5.41) is 1.87. The third-order valence-corrected chi connectivity index (χ3v) is 6.18. The van der Waals surface area contributed by atoms with Crippen molar-refractivity contribution in [3.63, 3.8) is 0 Å². The third-order valence-electron chi connectivity index (χ3n) is 6.18. The number of para-hydroxylation sites is 1. The first-order chi connectivity index (χ1) is 16.6. The fourth-order valence-corrected chi connectivity index (χ4v) is 4.58. The Morgan fingerprint density at radius 3 is 2.38 bits per heavy atom. The molecule has 1 heterocycles. The number of hydrogen-bond acceptors (Lipinski definition) is 3. The van der Waals surface area contributed by atoms with Gasteiger partial charge in [-0.15, -0.1) is 0 Å². The largest absolute Gasteiger partial charge is 0.497 e. The van der Waals surface area contributed by atoms with Crippen molar-refractivity contribution in [2.45, 2.75) is 13.5 Å². The number of amides is 1. The summed E-state index contributed by atoms with van der Waals surface area (Å²) < 4.78 is 13.4. The third kappa shape index (κ3) is 3.75. The van der Waals surface area contributed by atoms with Gasteiger partial charge in [-0.1, -0.05) is 48.5 Å². The zero-order valence-corrected chi connectivity index (χ0v) is 19.2. The lowest BCUT2D eigenvalue weighted by atomic mass is 10.0. The Balaban J connectivity index is 1.75. The molecule has 5 nitrogen and oxygen atoms in total. The maximum Gasteiger partial charge on any atom is 0.249 e. The van der Waals surface area contributed by atoms with Gasteiger partial charge in [-0.25, -0.2) is 0 Å². The van der Waals surface area contributed by atoms with E-state index in [1.54, 1.807) is 13.2 Å². The summed E-state index contributed by atoms with van der Waals surface area (Å²) in [6.45, 7) is 3.18. The van der Waals surface area contributed by atoms with Crippen LogP contribution in [-0.2, 0) is 6.54 Å². The van der Waals surface area contributed by atoms with Gasteiger partial charge in [-0.3, -0.25) is 4.79 Å². The minimum atomic E-state index is -0.432. The normalized spacial score (nSPS) is 11.1. The number of aromatic nitrogens is 1. The van der Waals surface area contributed by atoms with Crippen molar-refractivity contribution < 1.29 is 14.3 Å². The van der Waals surface area contributed by atoms with E-state index in [0.717, 1.165) is 50.0 Å². The fourth-order valence-electron chi connectivity index (χ4n) is 4.58. The molecule has 34 heavy (non-hydrogen) atoms. The summed E-state index contributed by atoms with van der Waals surface area (Å²) >= 11 is 0. The second-order valence-corrected chi connectivity index (χ2v) is 8.15. The molecule has 0 unspecified atom stereocenters. The molecule has 0 aliphatic rings. The minimum absolute atomic E-state index is 0.432. The predicted octanol–water partition coefficient (Wildman–Crippen LogP) is 6.02. The van der Waals surface area contributed by atoms with E-state index >= 15 is 0 Å². The molecule has 5 aromatic rings. The molecule has 0 fully saturated rings. The van der Waals surface area contributed by atoms with E-state index in [2.05, 4.69) is 28.8 Å². The maximum absolute atomic E-state index is 12.3. The summed E-state index contributed by atoms with van der Waals surface area (Å²) in [4.78, 5) is 12.3.